The van der Waals surface area contributed by atoms with Crippen LogP contribution in [0.15, 0.2) is 16.6 Å². The minimum Gasteiger partial charge on any atom is -0.489 e. The average molecular weight is 259 g/mol. The molecule has 4 heteroatoms. The van der Waals surface area contributed by atoms with Gasteiger partial charge in [-0.15, -0.1) is 0 Å². The van der Waals surface area contributed by atoms with Crippen LogP contribution >= 0.6 is 15.9 Å². The van der Waals surface area contributed by atoms with Gasteiger partial charge in [-0.2, -0.15) is 0 Å². The van der Waals surface area contributed by atoms with Crippen molar-refractivity contribution in [2.24, 2.45) is 0 Å². The van der Waals surface area contributed by atoms with Gasteiger partial charge in [0, 0.05) is 12.0 Å². The fourth-order valence-electron chi connectivity index (χ4n) is 1.40. The Labute approximate surface area is 90.8 Å². The molecule has 0 aromatic heterocycles. The summed E-state index contributed by atoms with van der Waals surface area (Å²) < 4.78 is 11.9. The van der Waals surface area contributed by atoms with Crippen LogP contribution in [0.2, 0.25) is 0 Å². The number of halogens is 1. The number of aliphatic hydroxyl groups excluding tert-OH is 1. The van der Waals surface area contributed by atoms with E-state index in [4.69, 9.17) is 14.6 Å². The number of benzene rings is 1. The average Bonchev–Trinajstić information content (AvgIpc) is 2.44. The molecular weight excluding hydrogens is 248 g/mol. The van der Waals surface area contributed by atoms with Gasteiger partial charge in [-0.05, 0) is 22.0 Å². The van der Waals surface area contributed by atoms with E-state index in [1.165, 1.54) is 0 Å². The quantitative estimate of drug-likeness (QED) is 0.839. The highest BCUT2D eigenvalue weighted by molar-refractivity contribution is 9.10. The maximum absolute atomic E-state index is 9.13. The van der Waals surface area contributed by atoms with E-state index in [1.54, 1.807) is 0 Å². The molecule has 0 aliphatic carbocycles. The maximum Gasteiger partial charge on any atom is 0.175 e. The van der Waals surface area contributed by atoms with Gasteiger partial charge in [0.1, 0.15) is 0 Å². The fraction of sp³-hybridized carbons (Fsp3) is 0.400. The summed E-state index contributed by atoms with van der Waals surface area (Å²) in [5, 5.41) is 9.13. The van der Waals surface area contributed by atoms with Crippen LogP contribution in [-0.4, -0.2) is 18.3 Å². The molecule has 0 spiro atoms. The van der Waals surface area contributed by atoms with Crippen molar-refractivity contribution in [1.82, 2.24) is 0 Å². The molecule has 0 atom stereocenters. The first-order valence-corrected chi connectivity index (χ1v) is 5.30. The lowest BCUT2D eigenvalue weighted by Gasteiger charge is -2.12. The first-order valence-electron chi connectivity index (χ1n) is 4.51. The molecule has 1 aromatic carbocycles. The van der Waals surface area contributed by atoms with Crippen LogP contribution in [0.4, 0.5) is 0 Å². The molecule has 3 nitrogen and oxygen atoms in total. The lowest BCUT2D eigenvalue weighted by Crippen LogP contribution is -1.98. The van der Waals surface area contributed by atoms with E-state index in [2.05, 4.69) is 15.9 Å². The third kappa shape index (κ3) is 1.72. The van der Waals surface area contributed by atoms with E-state index in [9.17, 15) is 0 Å². The van der Waals surface area contributed by atoms with Crippen molar-refractivity contribution < 1.29 is 14.6 Å². The predicted octanol–water partition coefficient (Wildman–Crippen LogP) is 2.10. The Hall–Kier alpha value is -0.740. The molecule has 0 amide bonds. The van der Waals surface area contributed by atoms with Gasteiger partial charge in [-0.3, -0.25) is 0 Å². The topological polar surface area (TPSA) is 38.7 Å². The monoisotopic (exact) mass is 258 g/mol. The van der Waals surface area contributed by atoms with Crippen LogP contribution in [0.1, 0.15) is 12.0 Å². The molecule has 0 unspecified atom stereocenters. The molecular formula is C10H11BrO3. The van der Waals surface area contributed by atoms with Crippen molar-refractivity contribution in [3.8, 4) is 11.5 Å². The summed E-state index contributed by atoms with van der Waals surface area (Å²) >= 11 is 3.39. The highest BCUT2D eigenvalue weighted by Crippen LogP contribution is 2.39. The van der Waals surface area contributed by atoms with Gasteiger partial charge in [0.25, 0.3) is 0 Å². The van der Waals surface area contributed by atoms with Crippen molar-refractivity contribution in [3.63, 3.8) is 0 Å². The highest BCUT2D eigenvalue weighted by Gasteiger charge is 2.17. The third-order valence-corrected chi connectivity index (χ3v) is 2.72. The van der Waals surface area contributed by atoms with E-state index in [1.807, 2.05) is 12.1 Å². The summed E-state index contributed by atoms with van der Waals surface area (Å²) in [6.45, 7) is 1.26. The number of hydrogen-bond acceptors (Lipinski definition) is 3. The van der Waals surface area contributed by atoms with Gasteiger partial charge < -0.3 is 14.6 Å². The Morgan fingerprint density at radius 3 is 2.64 bits per heavy atom. The molecule has 14 heavy (non-hydrogen) atoms. The molecule has 0 bridgehead atoms. The van der Waals surface area contributed by atoms with Crippen LogP contribution in [-0.2, 0) is 6.61 Å². The van der Waals surface area contributed by atoms with Crippen LogP contribution in [0.3, 0.4) is 0 Å². The second-order valence-corrected chi connectivity index (χ2v) is 3.93. The zero-order valence-electron chi connectivity index (χ0n) is 7.62. The second kappa shape index (κ2) is 4.19. The Morgan fingerprint density at radius 1 is 1.21 bits per heavy atom. The van der Waals surface area contributed by atoms with Crippen LogP contribution < -0.4 is 9.47 Å². The predicted molar refractivity (Wildman–Crippen MR) is 55.7 cm³/mol. The zero-order chi connectivity index (χ0) is 9.97. The zero-order valence-corrected chi connectivity index (χ0v) is 9.21. The molecule has 0 saturated heterocycles. The fourth-order valence-corrected chi connectivity index (χ4v) is 1.83. The molecule has 2 rings (SSSR count). The van der Waals surface area contributed by atoms with E-state index in [-0.39, 0.29) is 6.61 Å². The Morgan fingerprint density at radius 2 is 1.93 bits per heavy atom. The molecule has 1 heterocycles. The molecule has 1 aliphatic rings. The molecule has 1 aromatic rings. The van der Waals surface area contributed by atoms with E-state index < -0.39 is 0 Å². The molecule has 0 fully saturated rings. The van der Waals surface area contributed by atoms with Gasteiger partial charge >= 0.3 is 0 Å². The third-order valence-electron chi connectivity index (χ3n) is 2.10. The molecule has 1 N–H and O–H groups in total. The number of hydrogen-bond donors (Lipinski definition) is 1. The van der Waals surface area contributed by atoms with Crippen LogP contribution in [0, 0.1) is 0 Å². The molecule has 0 saturated carbocycles. The number of aliphatic hydroxyl groups is 1. The van der Waals surface area contributed by atoms with E-state index >= 15 is 0 Å². The lowest BCUT2D eigenvalue weighted by molar-refractivity contribution is 0.264. The Bertz CT molecular complexity index is 338. The number of fused-ring (bicyclic) bond motifs is 1. The maximum atomic E-state index is 9.13. The summed E-state index contributed by atoms with van der Waals surface area (Å²) in [4.78, 5) is 0. The SMILES string of the molecule is OCc1ccc(Br)c2c1OCCCO2. The minimum absolute atomic E-state index is 0.0288. The Balaban J connectivity index is 2.49. The Kier molecular flexibility index (Phi) is 2.93. The van der Waals surface area contributed by atoms with Crippen molar-refractivity contribution >= 4 is 15.9 Å². The number of rotatable bonds is 1. The van der Waals surface area contributed by atoms with Gasteiger partial charge in [0.2, 0.25) is 0 Å². The summed E-state index contributed by atoms with van der Waals surface area (Å²) in [5.74, 6) is 1.37. The standard InChI is InChI=1S/C10H11BrO3/c11-8-3-2-7(6-12)9-10(8)14-5-1-4-13-9/h2-3,12H,1,4-6H2. The number of ether oxygens (including phenoxy) is 2. The van der Waals surface area contributed by atoms with Gasteiger partial charge in [0.05, 0.1) is 24.3 Å². The first kappa shape index (κ1) is 9.80. The van der Waals surface area contributed by atoms with Gasteiger partial charge in [0.15, 0.2) is 11.5 Å². The minimum atomic E-state index is -0.0288. The summed E-state index contributed by atoms with van der Waals surface area (Å²) in [6, 6.07) is 3.69. The van der Waals surface area contributed by atoms with Gasteiger partial charge in [-0.1, -0.05) is 6.07 Å². The normalized spacial score (nSPS) is 15.0. The van der Waals surface area contributed by atoms with Crippen molar-refractivity contribution in [1.29, 1.82) is 0 Å². The highest BCUT2D eigenvalue weighted by atomic mass is 79.9. The lowest BCUT2D eigenvalue weighted by atomic mass is 10.2. The summed E-state index contributed by atoms with van der Waals surface area (Å²) in [7, 11) is 0. The molecule has 76 valence electrons. The van der Waals surface area contributed by atoms with E-state index in [0.29, 0.717) is 24.7 Å². The summed E-state index contributed by atoms with van der Waals surface area (Å²) in [6.07, 6.45) is 0.867. The van der Waals surface area contributed by atoms with Gasteiger partial charge in [-0.25, -0.2) is 0 Å². The smallest absolute Gasteiger partial charge is 0.175 e. The largest absolute Gasteiger partial charge is 0.489 e. The van der Waals surface area contributed by atoms with Crippen LogP contribution in [0.5, 0.6) is 11.5 Å². The van der Waals surface area contributed by atoms with Crippen molar-refractivity contribution in [3.05, 3.63) is 22.2 Å². The van der Waals surface area contributed by atoms with Crippen molar-refractivity contribution in [2.75, 3.05) is 13.2 Å². The van der Waals surface area contributed by atoms with E-state index in [0.717, 1.165) is 16.5 Å². The summed E-state index contributed by atoms with van der Waals surface area (Å²) in [5.41, 5.74) is 0.769. The first-order chi connectivity index (χ1) is 6.83. The molecule has 1 aliphatic heterocycles. The van der Waals surface area contributed by atoms with Crippen LogP contribution in [0.25, 0.3) is 0 Å². The van der Waals surface area contributed by atoms with Crippen molar-refractivity contribution in [2.45, 2.75) is 13.0 Å². The molecule has 0 radical (unpaired) electrons. The second-order valence-electron chi connectivity index (χ2n) is 3.07.